The average molecular weight is 169 g/mol. The standard InChI is InChI=1S/C3H5ClN2O4/c1-2-3(4,6(8)9)10-5-7/h2H2,1H3. The lowest BCUT2D eigenvalue weighted by Gasteiger charge is -2.09. The van der Waals surface area contributed by atoms with Crippen molar-refractivity contribution >= 4 is 11.6 Å². The third kappa shape index (κ3) is 1.80. The van der Waals surface area contributed by atoms with Crippen molar-refractivity contribution in [2.24, 2.45) is 5.34 Å². The van der Waals surface area contributed by atoms with E-state index in [-0.39, 0.29) is 6.42 Å². The van der Waals surface area contributed by atoms with Gasteiger partial charge in [-0.05, 0) is 0 Å². The fraction of sp³-hybridized carbons (Fsp3) is 1.00. The van der Waals surface area contributed by atoms with Gasteiger partial charge in [-0.15, -0.1) is 4.91 Å². The molecule has 0 rings (SSSR count). The van der Waals surface area contributed by atoms with Crippen molar-refractivity contribution in [1.82, 2.24) is 0 Å². The van der Waals surface area contributed by atoms with Gasteiger partial charge >= 0.3 is 5.18 Å². The van der Waals surface area contributed by atoms with Gasteiger partial charge in [0.1, 0.15) is 0 Å². The highest BCUT2D eigenvalue weighted by Crippen LogP contribution is 2.21. The summed E-state index contributed by atoms with van der Waals surface area (Å²) in [7, 11) is 0. The van der Waals surface area contributed by atoms with Crippen molar-refractivity contribution in [3.8, 4) is 0 Å². The molecule has 1 atom stereocenters. The molecule has 0 aromatic rings. The average Bonchev–Trinajstić information content (AvgIpc) is 1.88. The number of hydrogen-bond donors (Lipinski definition) is 0. The maximum absolute atomic E-state index is 9.99. The Morgan fingerprint density at radius 3 is 2.50 bits per heavy atom. The van der Waals surface area contributed by atoms with Crippen molar-refractivity contribution in [3.63, 3.8) is 0 Å². The van der Waals surface area contributed by atoms with Crippen LogP contribution in [0.4, 0.5) is 0 Å². The Labute approximate surface area is 61.2 Å². The summed E-state index contributed by atoms with van der Waals surface area (Å²) in [5, 5.41) is 9.68. The molecule has 0 saturated heterocycles. The van der Waals surface area contributed by atoms with E-state index in [4.69, 9.17) is 11.6 Å². The Morgan fingerprint density at radius 1 is 1.90 bits per heavy atom. The number of rotatable bonds is 4. The van der Waals surface area contributed by atoms with Crippen LogP contribution in [0.25, 0.3) is 0 Å². The summed E-state index contributed by atoms with van der Waals surface area (Å²) in [5.41, 5.74) is 0. The minimum Gasteiger partial charge on any atom is -0.271 e. The number of hydrogen-bond acceptors (Lipinski definition) is 5. The predicted molar refractivity (Wildman–Crippen MR) is 32.7 cm³/mol. The quantitative estimate of drug-likeness (QED) is 0.158. The molecule has 0 bridgehead atoms. The summed E-state index contributed by atoms with van der Waals surface area (Å²) in [6, 6.07) is 0. The Balaban J connectivity index is 4.21. The van der Waals surface area contributed by atoms with Gasteiger partial charge in [-0.1, -0.05) is 6.92 Å². The Bertz CT molecular complexity index is 151. The van der Waals surface area contributed by atoms with E-state index in [1.807, 2.05) is 5.34 Å². The van der Waals surface area contributed by atoms with Crippen molar-refractivity contribution in [1.29, 1.82) is 0 Å². The van der Waals surface area contributed by atoms with Crippen molar-refractivity contribution in [2.45, 2.75) is 18.5 Å². The molecule has 0 fully saturated rings. The molecular weight excluding hydrogens is 163 g/mol. The normalized spacial score (nSPS) is 15.4. The van der Waals surface area contributed by atoms with E-state index in [0.29, 0.717) is 0 Å². The number of halogens is 1. The largest absolute Gasteiger partial charge is 0.465 e. The molecular formula is C3H5ClN2O4. The van der Waals surface area contributed by atoms with Crippen LogP contribution in [0.1, 0.15) is 13.3 Å². The maximum Gasteiger partial charge on any atom is 0.465 e. The van der Waals surface area contributed by atoms with E-state index in [0.717, 1.165) is 0 Å². The number of nitro groups is 1. The van der Waals surface area contributed by atoms with Crippen LogP contribution in [-0.4, -0.2) is 10.1 Å². The molecule has 0 amide bonds. The summed E-state index contributed by atoms with van der Waals surface area (Å²) in [6.07, 6.45) is -0.132. The molecule has 0 aliphatic carbocycles. The number of nitrogens with zero attached hydrogens (tertiary/aromatic N) is 2. The molecule has 0 heterocycles. The minimum absolute atomic E-state index is 0.132. The highest BCUT2D eigenvalue weighted by Gasteiger charge is 2.42. The van der Waals surface area contributed by atoms with E-state index in [1.165, 1.54) is 6.92 Å². The molecule has 0 aromatic carbocycles. The predicted octanol–water partition coefficient (Wildman–Crippen LogP) is 1.26. The monoisotopic (exact) mass is 168 g/mol. The smallest absolute Gasteiger partial charge is 0.271 e. The van der Waals surface area contributed by atoms with Gasteiger partial charge in [0.05, 0.1) is 11.3 Å². The zero-order valence-corrected chi connectivity index (χ0v) is 5.87. The second-order valence-electron chi connectivity index (χ2n) is 1.47. The van der Waals surface area contributed by atoms with Crippen molar-refractivity contribution in [2.75, 3.05) is 0 Å². The molecule has 0 spiro atoms. The van der Waals surface area contributed by atoms with Crippen molar-refractivity contribution in [3.05, 3.63) is 15.0 Å². The first-order valence-electron chi connectivity index (χ1n) is 2.41. The van der Waals surface area contributed by atoms with Gasteiger partial charge in [0, 0.05) is 11.6 Å². The third-order valence-corrected chi connectivity index (χ3v) is 1.36. The van der Waals surface area contributed by atoms with Crippen LogP contribution in [0.5, 0.6) is 0 Å². The molecule has 0 aliphatic heterocycles. The number of alkyl halides is 1. The maximum atomic E-state index is 9.99. The van der Waals surface area contributed by atoms with Crippen LogP contribution >= 0.6 is 11.6 Å². The summed E-state index contributed by atoms with van der Waals surface area (Å²) in [6.45, 7) is 1.40. The first-order chi connectivity index (χ1) is 4.56. The lowest BCUT2D eigenvalue weighted by molar-refractivity contribution is -0.600. The second kappa shape index (κ2) is 3.31. The Hall–Kier alpha value is -0.910. The first-order valence-corrected chi connectivity index (χ1v) is 2.79. The fourth-order valence-electron chi connectivity index (χ4n) is 0.284. The molecule has 0 aromatic heterocycles. The van der Waals surface area contributed by atoms with Crippen LogP contribution in [0, 0.1) is 15.0 Å². The van der Waals surface area contributed by atoms with Gasteiger partial charge in [-0.3, -0.25) is 15.0 Å². The molecule has 1 unspecified atom stereocenters. The molecule has 6 nitrogen and oxygen atoms in total. The second-order valence-corrected chi connectivity index (χ2v) is 2.06. The molecule has 0 saturated carbocycles. The van der Waals surface area contributed by atoms with Gasteiger partial charge in [0.25, 0.3) is 0 Å². The Morgan fingerprint density at radius 2 is 2.40 bits per heavy atom. The summed E-state index contributed by atoms with van der Waals surface area (Å²) in [4.78, 5) is 22.3. The molecule has 0 radical (unpaired) electrons. The van der Waals surface area contributed by atoms with Gasteiger partial charge in [0.2, 0.25) is 0 Å². The first kappa shape index (κ1) is 9.09. The van der Waals surface area contributed by atoms with Gasteiger partial charge in [-0.2, -0.15) is 0 Å². The van der Waals surface area contributed by atoms with Crippen molar-refractivity contribution < 1.29 is 9.76 Å². The third-order valence-electron chi connectivity index (χ3n) is 0.886. The SMILES string of the molecule is CCC(Cl)(ON=O)[N+](=O)[O-]. The van der Waals surface area contributed by atoms with Crippen LogP contribution in [0.2, 0.25) is 0 Å². The summed E-state index contributed by atoms with van der Waals surface area (Å²) < 4.78 is 0. The summed E-state index contributed by atoms with van der Waals surface area (Å²) in [5.74, 6) is 0. The topological polar surface area (TPSA) is 81.8 Å². The minimum atomic E-state index is -2.19. The molecule has 58 valence electrons. The van der Waals surface area contributed by atoms with Gasteiger partial charge in [0.15, 0.2) is 5.34 Å². The van der Waals surface area contributed by atoms with E-state index in [9.17, 15) is 15.0 Å². The molecule has 7 heteroatoms. The molecule has 0 N–H and O–H groups in total. The lowest BCUT2D eigenvalue weighted by atomic mass is 10.4. The summed E-state index contributed by atoms with van der Waals surface area (Å²) >= 11 is 5.14. The highest BCUT2D eigenvalue weighted by atomic mass is 35.5. The van der Waals surface area contributed by atoms with E-state index in [2.05, 4.69) is 4.84 Å². The molecule has 10 heavy (non-hydrogen) atoms. The Kier molecular flexibility index (Phi) is 3.01. The zero-order chi connectivity index (χ0) is 8.20. The van der Waals surface area contributed by atoms with Gasteiger partial charge < -0.3 is 0 Å². The highest BCUT2D eigenvalue weighted by molar-refractivity contribution is 6.21. The molecule has 0 aliphatic rings. The van der Waals surface area contributed by atoms with Crippen LogP contribution in [-0.2, 0) is 4.84 Å². The van der Waals surface area contributed by atoms with E-state index >= 15 is 0 Å². The van der Waals surface area contributed by atoms with Crippen LogP contribution < -0.4 is 0 Å². The fourth-order valence-corrected chi connectivity index (χ4v) is 0.312. The van der Waals surface area contributed by atoms with Crippen LogP contribution in [0.15, 0.2) is 5.34 Å². The van der Waals surface area contributed by atoms with Crippen LogP contribution in [0.3, 0.4) is 0 Å². The van der Waals surface area contributed by atoms with E-state index in [1.54, 1.807) is 0 Å². The zero-order valence-electron chi connectivity index (χ0n) is 5.11. The van der Waals surface area contributed by atoms with Gasteiger partial charge in [-0.25, -0.2) is 0 Å². The lowest BCUT2D eigenvalue weighted by Crippen LogP contribution is -2.32. The van der Waals surface area contributed by atoms with E-state index < -0.39 is 10.1 Å².